The van der Waals surface area contributed by atoms with Gasteiger partial charge in [-0.3, -0.25) is 4.79 Å². The van der Waals surface area contributed by atoms with E-state index in [2.05, 4.69) is 5.32 Å². The highest BCUT2D eigenvalue weighted by atomic mass is 16.6. The molecule has 0 aromatic rings. The monoisotopic (exact) mass is 205 g/mol. The van der Waals surface area contributed by atoms with Gasteiger partial charge in [0.2, 0.25) is 5.91 Å². The van der Waals surface area contributed by atoms with Crippen LogP contribution < -0.4 is 5.32 Å². The van der Waals surface area contributed by atoms with Crippen molar-refractivity contribution in [3.8, 4) is 0 Å². The molecule has 6 heteroatoms. The van der Waals surface area contributed by atoms with Crippen LogP contribution in [0.1, 0.15) is 13.8 Å². The summed E-state index contributed by atoms with van der Waals surface area (Å²) in [6.45, 7) is 2.90. The Morgan fingerprint density at radius 3 is 2.36 bits per heavy atom. The highest BCUT2D eigenvalue weighted by Gasteiger charge is 2.42. The Bertz CT molecular complexity index is 222. The zero-order valence-corrected chi connectivity index (χ0v) is 8.04. The summed E-state index contributed by atoms with van der Waals surface area (Å²) >= 11 is 0. The molecule has 4 N–H and O–H groups in total. The quantitative estimate of drug-likeness (QED) is 0.395. The molecule has 1 rings (SSSR count). The highest BCUT2D eigenvalue weighted by molar-refractivity contribution is 5.73. The van der Waals surface area contributed by atoms with Crippen LogP contribution in [0.5, 0.6) is 0 Å². The Morgan fingerprint density at radius 1 is 1.29 bits per heavy atom. The lowest BCUT2D eigenvalue weighted by atomic mass is 9.97. The second-order valence-electron chi connectivity index (χ2n) is 3.44. The predicted molar refractivity (Wildman–Crippen MR) is 46.2 cm³/mol. The summed E-state index contributed by atoms with van der Waals surface area (Å²) in [6, 6.07) is -0.703. The zero-order chi connectivity index (χ0) is 10.9. The summed E-state index contributed by atoms with van der Waals surface area (Å²) in [4.78, 5) is 10.8. The first-order chi connectivity index (χ1) is 6.43. The standard InChI is InChI=1S/C8H15NO5/c1-3-5(9-4(2)10)6(11)7(12)8(13)14-3/h3,5-8,11-13H,1-2H3,(H,9,10)/t3-,5+,6+,7-,8-/m1/s1. The molecule has 0 aliphatic carbocycles. The summed E-state index contributed by atoms with van der Waals surface area (Å²) < 4.78 is 4.91. The van der Waals surface area contributed by atoms with Crippen molar-refractivity contribution in [1.82, 2.24) is 5.32 Å². The van der Waals surface area contributed by atoms with E-state index in [-0.39, 0.29) is 5.91 Å². The number of amides is 1. The first-order valence-corrected chi connectivity index (χ1v) is 4.40. The fourth-order valence-electron chi connectivity index (χ4n) is 1.48. The van der Waals surface area contributed by atoms with E-state index in [1.807, 2.05) is 0 Å². The van der Waals surface area contributed by atoms with Crippen LogP contribution in [0.3, 0.4) is 0 Å². The summed E-state index contributed by atoms with van der Waals surface area (Å²) in [7, 11) is 0. The van der Waals surface area contributed by atoms with Crippen molar-refractivity contribution >= 4 is 5.91 Å². The molecule has 0 aromatic carbocycles. The molecule has 6 nitrogen and oxygen atoms in total. The van der Waals surface area contributed by atoms with Crippen LogP contribution in [0.2, 0.25) is 0 Å². The molecule has 5 atom stereocenters. The molecule has 1 saturated heterocycles. The van der Waals surface area contributed by atoms with Crippen LogP contribution in [0.15, 0.2) is 0 Å². The van der Waals surface area contributed by atoms with Crippen molar-refractivity contribution in [1.29, 1.82) is 0 Å². The Kier molecular flexibility index (Phi) is 3.43. The minimum Gasteiger partial charge on any atom is -0.388 e. The molecule has 1 aliphatic heterocycles. The topological polar surface area (TPSA) is 99.0 Å². The molecule has 1 heterocycles. The Labute approximate surface area is 81.5 Å². The van der Waals surface area contributed by atoms with Gasteiger partial charge in [0.05, 0.1) is 12.1 Å². The third-order valence-electron chi connectivity index (χ3n) is 2.24. The van der Waals surface area contributed by atoms with E-state index in [0.717, 1.165) is 0 Å². The average molecular weight is 205 g/mol. The number of aliphatic hydroxyl groups excluding tert-OH is 3. The second kappa shape index (κ2) is 4.22. The number of hydrogen-bond acceptors (Lipinski definition) is 5. The third-order valence-corrected chi connectivity index (χ3v) is 2.24. The number of ether oxygens (including phenoxy) is 1. The van der Waals surface area contributed by atoms with E-state index in [9.17, 15) is 15.0 Å². The van der Waals surface area contributed by atoms with Gasteiger partial charge in [0.1, 0.15) is 12.2 Å². The molecule has 0 saturated carbocycles. The molecule has 0 unspecified atom stereocenters. The number of nitrogens with one attached hydrogen (secondary N) is 1. The van der Waals surface area contributed by atoms with Gasteiger partial charge < -0.3 is 25.4 Å². The van der Waals surface area contributed by atoms with Crippen LogP contribution in [0.4, 0.5) is 0 Å². The molecular formula is C8H15NO5. The molecule has 0 radical (unpaired) electrons. The number of hydrogen-bond donors (Lipinski definition) is 4. The Morgan fingerprint density at radius 2 is 1.86 bits per heavy atom. The molecule has 82 valence electrons. The summed E-state index contributed by atoms with van der Waals surface area (Å²) in [6.07, 6.45) is -4.59. The second-order valence-corrected chi connectivity index (χ2v) is 3.44. The number of rotatable bonds is 1. The highest BCUT2D eigenvalue weighted by Crippen LogP contribution is 2.19. The molecular weight excluding hydrogens is 190 g/mol. The van der Waals surface area contributed by atoms with E-state index in [0.29, 0.717) is 0 Å². The summed E-state index contributed by atoms with van der Waals surface area (Å²) in [5, 5.41) is 30.4. The van der Waals surface area contributed by atoms with Crippen LogP contribution in [0, 0.1) is 0 Å². The average Bonchev–Trinajstić information content (AvgIpc) is 2.09. The van der Waals surface area contributed by atoms with Gasteiger partial charge in [0.15, 0.2) is 6.29 Å². The van der Waals surface area contributed by atoms with Crippen LogP contribution in [-0.2, 0) is 9.53 Å². The zero-order valence-electron chi connectivity index (χ0n) is 8.04. The van der Waals surface area contributed by atoms with Gasteiger partial charge in [-0.2, -0.15) is 0 Å². The molecule has 0 spiro atoms. The lowest BCUT2D eigenvalue weighted by molar-refractivity contribution is -0.253. The smallest absolute Gasteiger partial charge is 0.217 e. The minimum absolute atomic E-state index is 0.326. The first kappa shape index (κ1) is 11.4. The van der Waals surface area contributed by atoms with E-state index in [1.54, 1.807) is 6.92 Å². The fraction of sp³-hybridized carbons (Fsp3) is 0.875. The molecule has 0 aromatic heterocycles. The van der Waals surface area contributed by atoms with Gasteiger partial charge in [-0.15, -0.1) is 0 Å². The first-order valence-electron chi connectivity index (χ1n) is 4.40. The summed E-state index contributed by atoms with van der Waals surface area (Å²) in [5.74, 6) is -0.326. The summed E-state index contributed by atoms with van der Waals surface area (Å²) in [5.41, 5.74) is 0. The lowest BCUT2D eigenvalue weighted by Crippen LogP contribution is -2.62. The molecule has 1 amide bonds. The molecule has 1 fully saturated rings. The maximum atomic E-state index is 10.8. The van der Waals surface area contributed by atoms with Gasteiger partial charge in [-0.05, 0) is 6.92 Å². The normalized spacial score (nSPS) is 43.4. The molecule has 0 bridgehead atoms. The Balaban J connectivity index is 2.68. The van der Waals surface area contributed by atoms with E-state index < -0.39 is 30.6 Å². The lowest BCUT2D eigenvalue weighted by Gasteiger charge is -2.39. The maximum Gasteiger partial charge on any atom is 0.217 e. The van der Waals surface area contributed by atoms with Crippen molar-refractivity contribution < 1.29 is 24.9 Å². The molecule has 1 aliphatic rings. The van der Waals surface area contributed by atoms with Crippen LogP contribution >= 0.6 is 0 Å². The largest absolute Gasteiger partial charge is 0.388 e. The van der Waals surface area contributed by atoms with Crippen molar-refractivity contribution in [3.05, 3.63) is 0 Å². The minimum atomic E-state index is -1.41. The molecule has 14 heavy (non-hydrogen) atoms. The van der Waals surface area contributed by atoms with Gasteiger partial charge in [-0.1, -0.05) is 0 Å². The predicted octanol–water partition coefficient (Wildman–Crippen LogP) is -2.05. The van der Waals surface area contributed by atoms with Crippen molar-refractivity contribution in [3.63, 3.8) is 0 Å². The SMILES string of the molecule is CC(=O)N[C@@H]1[C@H](O)[C@@H](O)[C@H](O)O[C@@H]1C. The van der Waals surface area contributed by atoms with Gasteiger partial charge in [0, 0.05) is 6.92 Å². The third kappa shape index (κ3) is 2.21. The van der Waals surface area contributed by atoms with Crippen LogP contribution in [-0.4, -0.2) is 51.9 Å². The number of aliphatic hydroxyl groups is 3. The van der Waals surface area contributed by atoms with E-state index in [4.69, 9.17) is 9.84 Å². The fourth-order valence-corrected chi connectivity index (χ4v) is 1.48. The van der Waals surface area contributed by atoms with Crippen molar-refractivity contribution in [2.45, 2.75) is 44.5 Å². The van der Waals surface area contributed by atoms with Crippen LogP contribution in [0.25, 0.3) is 0 Å². The Hall–Kier alpha value is -0.690. The number of carbonyl (C=O) groups is 1. The van der Waals surface area contributed by atoms with Crippen molar-refractivity contribution in [2.24, 2.45) is 0 Å². The van der Waals surface area contributed by atoms with E-state index >= 15 is 0 Å². The van der Waals surface area contributed by atoms with Gasteiger partial charge in [-0.25, -0.2) is 0 Å². The van der Waals surface area contributed by atoms with Gasteiger partial charge in [0.25, 0.3) is 0 Å². The number of carbonyl (C=O) groups excluding carboxylic acids is 1. The van der Waals surface area contributed by atoms with Gasteiger partial charge >= 0.3 is 0 Å². The van der Waals surface area contributed by atoms with E-state index in [1.165, 1.54) is 6.92 Å². The maximum absolute atomic E-state index is 10.8. The van der Waals surface area contributed by atoms with Crippen molar-refractivity contribution in [2.75, 3.05) is 0 Å².